The van der Waals surface area contributed by atoms with Crippen molar-refractivity contribution < 1.29 is 18.3 Å². The molecule has 0 bridgehead atoms. The summed E-state index contributed by atoms with van der Waals surface area (Å²) >= 11 is 6.21. The lowest BCUT2D eigenvalue weighted by atomic mass is 10.2. The number of para-hydroxylation sites is 1. The maximum absolute atomic E-state index is 14.2. The average molecular weight is 513 g/mol. The highest BCUT2D eigenvalue weighted by atomic mass is 35.5. The smallest absolute Gasteiger partial charge is 0.322 e. The van der Waals surface area contributed by atoms with E-state index in [1.165, 1.54) is 16.6 Å². The zero-order valence-corrected chi connectivity index (χ0v) is 20.3. The minimum absolute atomic E-state index is 0.102. The number of benzene rings is 3. The number of urea groups is 1. The van der Waals surface area contributed by atoms with Crippen LogP contribution in [-0.2, 0) is 4.74 Å². The molecule has 3 aromatic carbocycles. The zero-order valence-electron chi connectivity index (χ0n) is 19.5. The Balaban J connectivity index is 1.83. The van der Waals surface area contributed by atoms with E-state index < -0.39 is 23.7 Å². The van der Waals surface area contributed by atoms with Crippen LogP contribution in [0.5, 0.6) is 0 Å². The number of halogens is 3. The molecule has 0 aliphatic carbocycles. The van der Waals surface area contributed by atoms with Crippen LogP contribution in [0, 0.1) is 11.6 Å². The number of aromatic nitrogens is 2. The van der Waals surface area contributed by atoms with Crippen LogP contribution in [0.3, 0.4) is 0 Å². The number of ether oxygens (including phenoxy) is 1. The third kappa shape index (κ3) is 5.22. The summed E-state index contributed by atoms with van der Waals surface area (Å²) in [6.07, 6.45) is 0. The summed E-state index contributed by atoms with van der Waals surface area (Å²) < 4.78 is 34.1. The summed E-state index contributed by atoms with van der Waals surface area (Å²) in [5.41, 5.74) is 0.416. The third-order valence-corrected chi connectivity index (χ3v) is 5.91. The van der Waals surface area contributed by atoms with Gasteiger partial charge >= 0.3 is 6.03 Å². The Labute approximate surface area is 210 Å². The number of methoxy groups -OCH3 is 1. The van der Waals surface area contributed by atoms with E-state index in [9.17, 15) is 18.4 Å². The van der Waals surface area contributed by atoms with Gasteiger partial charge in [0.15, 0.2) is 0 Å². The van der Waals surface area contributed by atoms with E-state index in [-0.39, 0.29) is 30.2 Å². The summed E-state index contributed by atoms with van der Waals surface area (Å²) in [6.45, 7) is 1.97. The molecule has 0 aliphatic rings. The number of hydrogen-bond donors (Lipinski definition) is 1. The molecule has 1 unspecified atom stereocenters. The summed E-state index contributed by atoms with van der Waals surface area (Å²) in [7, 11) is 1.48. The van der Waals surface area contributed by atoms with E-state index in [0.29, 0.717) is 27.7 Å². The number of anilines is 1. The molecule has 0 fully saturated rings. The van der Waals surface area contributed by atoms with Gasteiger partial charge in [0.1, 0.15) is 17.5 Å². The van der Waals surface area contributed by atoms with Crippen LogP contribution < -0.4 is 10.9 Å². The molecule has 4 aromatic rings. The van der Waals surface area contributed by atoms with Crippen LogP contribution in [0.4, 0.5) is 19.3 Å². The number of nitrogens with zero attached hydrogens (tertiary/aromatic N) is 3. The molecule has 1 heterocycles. The number of carbonyl (C=O) groups is 1. The summed E-state index contributed by atoms with van der Waals surface area (Å²) in [5.74, 6) is -1.41. The van der Waals surface area contributed by atoms with Crippen LogP contribution in [0.2, 0.25) is 5.02 Å². The number of carbonyl (C=O) groups excluding carboxylic acids is 1. The molecule has 1 aromatic heterocycles. The first-order valence-corrected chi connectivity index (χ1v) is 11.5. The van der Waals surface area contributed by atoms with Crippen LogP contribution in [0.15, 0.2) is 71.5 Å². The average Bonchev–Trinajstić information content (AvgIpc) is 2.85. The summed E-state index contributed by atoms with van der Waals surface area (Å²) in [6, 6.07) is 15.0. The molecule has 2 amide bonds. The highest BCUT2D eigenvalue weighted by molar-refractivity contribution is 6.30. The second-order valence-electron chi connectivity index (χ2n) is 8.02. The lowest BCUT2D eigenvalue weighted by Crippen LogP contribution is -2.41. The molecule has 0 spiro atoms. The highest BCUT2D eigenvalue weighted by Gasteiger charge is 2.27. The fourth-order valence-corrected chi connectivity index (χ4v) is 4.06. The van der Waals surface area contributed by atoms with Crippen molar-refractivity contribution >= 4 is 34.2 Å². The van der Waals surface area contributed by atoms with Gasteiger partial charge < -0.3 is 15.0 Å². The van der Waals surface area contributed by atoms with Gasteiger partial charge in [-0.1, -0.05) is 29.8 Å². The quantitative estimate of drug-likeness (QED) is 0.352. The van der Waals surface area contributed by atoms with Gasteiger partial charge in [-0.25, -0.2) is 18.6 Å². The van der Waals surface area contributed by atoms with Crippen LogP contribution in [-0.4, -0.2) is 40.7 Å². The number of hydrogen-bond acceptors (Lipinski definition) is 4. The van der Waals surface area contributed by atoms with Gasteiger partial charge in [-0.15, -0.1) is 0 Å². The SMILES string of the molecule is COCCN(C(=O)Nc1ccc(F)cc1F)C(C)c1nc2ccccc2c(=O)n1-c1cccc(Cl)c1. The van der Waals surface area contributed by atoms with E-state index in [0.717, 1.165) is 12.1 Å². The van der Waals surface area contributed by atoms with Gasteiger partial charge in [-0.05, 0) is 49.4 Å². The van der Waals surface area contributed by atoms with Gasteiger partial charge in [0.2, 0.25) is 0 Å². The molecule has 0 aliphatic heterocycles. The number of rotatable bonds is 7. The van der Waals surface area contributed by atoms with Crippen molar-refractivity contribution in [2.45, 2.75) is 13.0 Å². The van der Waals surface area contributed by atoms with Gasteiger partial charge in [0.05, 0.1) is 34.9 Å². The van der Waals surface area contributed by atoms with Crippen molar-refractivity contribution in [3.05, 3.63) is 99.6 Å². The first kappa shape index (κ1) is 25.3. The molecule has 0 saturated heterocycles. The van der Waals surface area contributed by atoms with E-state index >= 15 is 0 Å². The Morgan fingerprint density at radius 2 is 1.92 bits per heavy atom. The molecule has 4 rings (SSSR count). The molecule has 0 radical (unpaired) electrons. The third-order valence-electron chi connectivity index (χ3n) is 5.68. The maximum Gasteiger partial charge on any atom is 0.322 e. The van der Waals surface area contributed by atoms with Gasteiger partial charge in [-0.3, -0.25) is 9.36 Å². The lowest BCUT2D eigenvalue weighted by Gasteiger charge is -2.30. The van der Waals surface area contributed by atoms with E-state index in [1.807, 2.05) is 0 Å². The Morgan fingerprint density at radius 1 is 1.14 bits per heavy atom. The predicted octanol–water partition coefficient (Wildman–Crippen LogP) is 5.56. The topological polar surface area (TPSA) is 76.5 Å². The Kier molecular flexibility index (Phi) is 7.61. The summed E-state index contributed by atoms with van der Waals surface area (Å²) in [4.78, 5) is 33.0. The molecule has 0 saturated carbocycles. The summed E-state index contributed by atoms with van der Waals surface area (Å²) in [5, 5.41) is 3.29. The molecular weight excluding hydrogens is 490 g/mol. The predicted molar refractivity (Wildman–Crippen MR) is 135 cm³/mol. The minimum atomic E-state index is -0.914. The first-order chi connectivity index (χ1) is 17.3. The van der Waals surface area contributed by atoms with Gasteiger partial charge in [0, 0.05) is 24.7 Å². The monoisotopic (exact) mass is 512 g/mol. The molecule has 186 valence electrons. The Hall–Kier alpha value is -3.82. The second kappa shape index (κ2) is 10.8. The molecule has 10 heteroatoms. The normalized spacial score (nSPS) is 11.9. The Bertz CT molecular complexity index is 1480. The van der Waals surface area contributed by atoms with Crippen molar-refractivity contribution in [3.8, 4) is 5.69 Å². The fraction of sp³-hybridized carbons (Fsp3) is 0.192. The van der Waals surface area contributed by atoms with Crippen molar-refractivity contribution in [1.29, 1.82) is 0 Å². The number of fused-ring (bicyclic) bond motifs is 1. The standard InChI is InChI=1S/C26H23ClF2N4O3/c1-16(32(12-13-36-2)26(35)31-23-11-10-18(28)15-21(23)29)24-30-22-9-4-3-8-20(22)25(34)33(24)19-7-5-6-17(27)14-19/h3-11,14-16H,12-13H2,1-2H3,(H,31,35). The van der Waals surface area contributed by atoms with Crippen molar-refractivity contribution in [2.24, 2.45) is 0 Å². The number of amides is 2. The molecule has 1 N–H and O–H groups in total. The molecule has 36 heavy (non-hydrogen) atoms. The van der Waals surface area contributed by atoms with Crippen molar-refractivity contribution in [2.75, 3.05) is 25.6 Å². The highest BCUT2D eigenvalue weighted by Crippen LogP contribution is 2.25. The lowest BCUT2D eigenvalue weighted by molar-refractivity contribution is 0.137. The minimum Gasteiger partial charge on any atom is -0.383 e. The van der Waals surface area contributed by atoms with E-state index in [4.69, 9.17) is 21.3 Å². The second-order valence-corrected chi connectivity index (χ2v) is 8.46. The molecule has 1 atom stereocenters. The first-order valence-electron chi connectivity index (χ1n) is 11.1. The Morgan fingerprint density at radius 3 is 2.64 bits per heavy atom. The van der Waals surface area contributed by atoms with E-state index in [1.54, 1.807) is 55.5 Å². The van der Waals surface area contributed by atoms with Crippen LogP contribution >= 0.6 is 11.6 Å². The molecular formula is C26H23ClF2N4O3. The maximum atomic E-state index is 14.2. The van der Waals surface area contributed by atoms with Gasteiger partial charge in [-0.2, -0.15) is 0 Å². The fourth-order valence-electron chi connectivity index (χ4n) is 3.87. The van der Waals surface area contributed by atoms with Gasteiger partial charge in [0.25, 0.3) is 5.56 Å². The van der Waals surface area contributed by atoms with Crippen LogP contribution in [0.25, 0.3) is 16.6 Å². The largest absolute Gasteiger partial charge is 0.383 e. The number of nitrogens with one attached hydrogen (secondary N) is 1. The molecule has 7 nitrogen and oxygen atoms in total. The van der Waals surface area contributed by atoms with Crippen LogP contribution in [0.1, 0.15) is 18.8 Å². The van der Waals surface area contributed by atoms with E-state index in [2.05, 4.69) is 5.32 Å². The van der Waals surface area contributed by atoms with Crippen molar-refractivity contribution in [1.82, 2.24) is 14.5 Å². The van der Waals surface area contributed by atoms with Crippen molar-refractivity contribution in [3.63, 3.8) is 0 Å². The zero-order chi connectivity index (χ0) is 25.8.